The Morgan fingerprint density at radius 1 is 1.09 bits per heavy atom. The Hall–Kier alpha value is -4.03. The maximum Gasteiger partial charge on any atom is 0.411 e. The van der Waals surface area contributed by atoms with E-state index in [2.05, 4.69) is 47.7 Å². The van der Waals surface area contributed by atoms with Gasteiger partial charge in [-0.3, -0.25) is 24.8 Å². The Morgan fingerprint density at radius 2 is 1.87 bits per heavy atom. The highest BCUT2D eigenvalue weighted by Gasteiger charge is 2.42. The zero-order valence-corrected chi connectivity index (χ0v) is 27.2. The van der Waals surface area contributed by atoms with E-state index in [1.807, 2.05) is 30.5 Å². The van der Waals surface area contributed by atoms with Crippen molar-refractivity contribution in [2.75, 3.05) is 5.32 Å². The molecule has 3 aliphatic rings. The number of anilines is 1. The van der Waals surface area contributed by atoms with Crippen LogP contribution < -0.4 is 10.8 Å². The quantitative estimate of drug-likeness (QED) is 0.0940. The van der Waals surface area contributed by atoms with Crippen molar-refractivity contribution in [1.82, 2.24) is 20.5 Å². The standard InChI is InChI=1S/C35H47N5O7/c1-22-17-25-9-8-23(2)29(15-14-28-19-27(41)20-33(43)46-28)34(25)31(18-22)47-35(44)36-26-12-10-24(11-13-26)30-21-40(39-37-30)16-6-4-3-5-7-32(42)38-45/h8-13,17,21-23,27-29,31,34,41,45H,3-7,14-16,18-20H2,1-2H3,(H,36,44)(H,38,42)/t22-,23-,27+,28+,29-,31-,34-/m0/s1. The highest BCUT2D eigenvalue weighted by Crippen LogP contribution is 2.45. The number of unbranched alkanes of at least 4 members (excludes halogenated alkanes) is 3. The van der Waals surface area contributed by atoms with Gasteiger partial charge in [0.15, 0.2) is 0 Å². The minimum atomic E-state index is -0.651. The summed E-state index contributed by atoms with van der Waals surface area (Å²) in [5, 5.41) is 30.0. The molecule has 0 spiro atoms. The molecule has 254 valence electrons. The topological polar surface area (TPSA) is 165 Å². The minimum Gasteiger partial charge on any atom is -0.462 e. The Bertz CT molecular complexity index is 1440. The number of cyclic esters (lactones) is 1. The molecule has 4 N–H and O–H groups in total. The number of benzene rings is 1. The summed E-state index contributed by atoms with van der Waals surface area (Å²) in [5.41, 5.74) is 5.07. The zero-order chi connectivity index (χ0) is 33.3. The van der Waals surface area contributed by atoms with Crippen molar-refractivity contribution in [1.29, 1.82) is 0 Å². The molecule has 1 aliphatic heterocycles. The van der Waals surface area contributed by atoms with Gasteiger partial charge in [0.1, 0.15) is 17.9 Å². The van der Waals surface area contributed by atoms with Crippen LogP contribution in [0.5, 0.6) is 0 Å². The predicted molar refractivity (Wildman–Crippen MR) is 174 cm³/mol. The van der Waals surface area contributed by atoms with Crippen LogP contribution in [0.15, 0.2) is 54.3 Å². The first-order valence-electron chi connectivity index (χ1n) is 16.9. The first-order chi connectivity index (χ1) is 22.7. The van der Waals surface area contributed by atoms with Gasteiger partial charge < -0.3 is 14.6 Å². The smallest absolute Gasteiger partial charge is 0.411 e. The number of esters is 1. The van der Waals surface area contributed by atoms with Crippen LogP contribution in [0.25, 0.3) is 11.3 Å². The van der Waals surface area contributed by atoms with Gasteiger partial charge >= 0.3 is 12.1 Å². The van der Waals surface area contributed by atoms with E-state index in [9.17, 15) is 19.5 Å². The number of amides is 2. The molecule has 1 aromatic carbocycles. The van der Waals surface area contributed by atoms with Crippen molar-refractivity contribution in [2.24, 2.45) is 23.7 Å². The number of aliphatic hydroxyl groups is 1. The van der Waals surface area contributed by atoms with Gasteiger partial charge in [-0.25, -0.2) is 10.3 Å². The third-order valence-corrected chi connectivity index (χ3v) is 9.54. The van der Waals surface area contributed by atoms with Crippen LogP contribution in [0.2, 0.25) is 0 Å². The number of rotatable bonds is 13. The first-order valence-corrected chi connectivity index (χ1v) is 16.9. The number of carbonyl (C=O) groups excluding carboxylic acids is 3. The largest absolute Gasteiger partial charge is 0.462 e. The molecule has 12 heteroatoms. The van der Waals surface area contributed by atoms with Crippen molar-refractivity contribution < 1.29 is 34.2 Å². The summed E-state index contributed by atoms with van der Waals surface area (Å²) in [6, 6.07) is 7.42. The molecule has 0 unspecified atom stereocenters. The predicted octanol–water partition coefficient (Wildman–Crippen LogP) is 5.57. The van der Waals surface area contributed by atoms with Crippen LogP contribution in [-0.4, -0.2) is 61.6 Å². The highest BCUT2D eigenvalue weighted by atomic mass is 16.6. The molecule has 47 heavy (non-hydrogen) atoms. The molecular weight excluding hydrogens is 602 g/mol. The van der Waals surface area contributed by atoms with E-state index >= 15 is 0 Å². The number of allylic oxidation sites excluding steroid dienone is 3. The van der Waals surface area contributed by atoms with Gasteiger partial charge in [-0.2, -0.15) is 0 Å². The normalized spacial score (nSPS) is 26.9. The summed E-state index contributed by atoms with van der Waals surface area (Å²) in [6.07, 6.45) is 13.3. The molecule has 2 heterocycles. The molecule has 0 radical (unpaired) electrons. The molecule has 2 aromatic rings. The monoisotopic (exact) mass is 649 g/mol. The molecule has 1 fully saturated rings. The van der Waals surface area contributed by atoms with Gasteiger partial charge in [0.25, 0.3) is 0 Å². The molecule has 2 amide bonds. The summed E-state index contributed by atoms with van der Waals surface area (Å²) in [5.74, 6) is 0.0737. The van der Waals surface area contributed by atoms with E-state index in [0.717, 1.165) is 56.3 Å². The number of aliphatic hydroxyl groups excluding tert-OH is 1. The lowest BCUT2D eigenvalue weighted by Crippen LogP contribution is -2.42. The number of nitrogens with one attached hydrogen (secondary N) is 2. The van der Waals surface area contributed by atoms with Crippen LogP contribution in [-0.2, 0) is 25.6 Å². The number of hydroxylamine groups is 1. The number of ether oxygens (including phenoxy) is 2. The third-order valence-electron chi connectivity index (χ3n) is 9.54. The van der Waals surface area contributed by atoms with Crippen LogP contribution >= 0.6 is 0 Å². The van der Waals surface area contributed by atoms with E-state index in [0.29, 0.717) is 24.9 Å². The van der Waals surface area contributed by atoms with E-state index in [-0.39, 0.29) is 54.2 Å². The van der Waals surface area contributed by atoms with E-state index in [4.69, 9.17) is 14.7 Å². The third kappa shape index (κ3) is 9.51. The molecule has 1 aromatic heterocycles. The Kier molecular flexibility index (Phi) is 11.8. The number of aryl methyl sites for hydroxylation is 1. The van der Waals surface area contributed by atoms with Gasteiger partial charge in [0.05, 0.1) is 18.7 Å². The van der Waals surface area contributed by atoms with Gasteiger partial charge in [-0.05, 0) is 67.6 Å². The van der Waals surface area contributed by atoms with Crippen molar-refractivity contribution in [3.63, 3.8) is 0 Å². The average molecular weight is 650 g/mol. The van der Waals surface area contributed by atoms with Gasteiger partial charge in [0, 0.05) is 36.6 Å². The molecule has 7 atom stereocenters. The van der Waals surface area contributed by atoms with E-state index in [1.165, 1.54) is 5.57 Å². The lowest BCUT2D eigenvalue weighted by molar-refractivity contribution is -0.160. The van der Waals surface area contributed by atoms with Crippen LogP contribution in [0.4, 0.5) is 10.5 Å². The highest BCUT2D eigenvalue weighted by molar-refractivity contribution is 5.85. The number of nitrogens with zero attached hydrogens (tertiary/aromatic N) is 3. The Balaban J connectivity index is 1.13. The van der Waals surface area contributed by atoms with Crippen molar-refractivity contribution in [3.8, 4) is 11.3 Å². The molecule has 0 bridgehead atoms. The second kappa shape index (κ2) is 16.2. The van der Waals surface area contributed by atoms with Crippen molar-refractivity contribution >= 4 is 23.7 Å². The summed E-state index contributed by atoms with van der Waals surface area (Å²) < 4.78 is 13.4. The van der Waals surface area contributed by atoms with E-state index in [1.54, 1.807) is 10.2 Å². The minimum absolute atomic E-state index is 0.0407. The number of aromatic nitrogens is 3. The van der Waals surface area contributed by atoms with Crippen LogP contribution in [0, 0.1) is 23.7 Å². The summed E-state index contributed by atoms with van der Waals surface area (Å²) >= 11 is 0. The number of hydrogen-bond acceptors (Lipinski definition) is 9. The van der Waals surface area contributed by atoms with Gasteiger partial charge in [-0.1, -0.05) is 62.3 Å². The fraction of sp³-hybridized carbons (Fsp3) is 0.571. The van der Waals surface area contributed by atoms with E-state index < -0.39 is 12.2 Å². The van der Waals surface area contributed by atoms with Crippen LogP contribution in [0.3, 0.4) is 0 Å². The average Bonchev–Trinajstić information content (AvgIpc) is 3.51. The lowest BCUT2D eigenvalue weighted by Gasteiger charge is -2.43. The Labute approximate surface area is 275 Å². The zero-order valence-electron chi connectivity index (χ0n) is 27.2. The maximum absolute atomic E-state index is 13.2. The fourth-order valence-electron chi connectivity index (χ4n) is 7.16. The fourth-order valence-corrected chi connectivity index (χ4v) is 7.16. The molecule has 2 aliphatic carbocycles. The lowest BCUT2D eigenvalue weighted by atomic mass is 9.65. The second-order valence-corrected chi connectivity index (χ2v) is 13.3. The number of hydrogen-bond donors (Lipinski definition) is 4. The Morgan fingerprint density at radius 3 is 2.64 bits per heavy atom. The molecule has 0 saturated carbocycles. The second-order valence-electron chi connectivity index (χ2n) is 13.3. The van der Waals surface area contributed by atoms with Gasteiger partial charge in [0.2, 0.25) is 5.91 Å². The summed E-state index contributed by atoms with van der Waals surface area (Å²) in [4.78, 5) is 36.1. The number of fused-ring (bicyclic) bond motifs is 1. The van der Waals surface area contributed by atoms with Crippen molar-refractivity contribution in [3.05, 3.63) is 54.3 Å². The number of carbonyl (C=O) groups is 3. The molecule has 5 rings (SSSR count). The van der Waals surface area contributed by atoms with Crippen LogP contribution in [0.1, 0.15) is 78.1 Å². The first kappa shape index (κ1) is 34.3. The molecule has 1 saturated heterocycles. The summed E-state index contributed by atoms with van der Waals surface area (Å²) in [7, 11) is 0. The maximum atomic E-state index is 13.2. The van der Waals surface area contributed by atoms with Gasteiger partial charge in [-0.15, -0.1) is 5.10 Å². The molecular formula is C35H47N5O7. The summed E-state index contributed by atoms with van der Waals surface area (Å²) in [6.45, 7) is 5.03. The molecule has 12 nitrogen and oxygen atoms in total. The van der Waals surface area contributed by atoms with Crippen molar-refractivity contribution in [2.45, 2.75) is 103 Å². The SMILES string of the molecule is C[C@H]1C=C2C=C[C@H](C)[C@H](CC[C@@H]3C[C@@H](O)CC(=O)O3)[C@H]2[C@@H](OC(=O)Nc2ccc(-c3cn(CCCCCCC(=O)NO)nn3)cc2)C1.